The van der Waals surface area contributed by atoms with Crippen LogP contribution in [0.15, 0.2) is 30.3 Å². The highest BCUT2D eigenvalue weighted by molar-refractivity contribution is 6.30. The first-order chi connectivity index (χ1) is 10.3. The molecule has 2 aliphatic rings. The van der Waals surface area contributed by atoms with Crippen molar-refractivity contribution >= 4 is 22.5 Å². The van der Waals surface area contributed by atoms with Gasteiger partial charge in [-0.05, 0) is 31.4 Å². The Morgan fingerprint density at radius 1 is 1.29 bits per heavy atom. The van der Waals surface area contributed by atoms with Crippen molar-refractivity contribution in [3.8, 4) is 0 Å². The van der Waals surface area contributed by atoms with Crippen molar-refractivity contribution in [3.63, 3.8) is 0 Å². The van der Waals surface area contributed by atoms with Gasteiger partial charge in [-0.15, -0.1) is 0 Å². The number of benzene rings is 1. The van der Waals surface area contributed by atoms with E-state index in [1.54, 1.807) is 0 Å². The van der Waals surface area contributed by atoms with E-state index in [4.69, 9.17) is 16.3 Å². The zero-order valence-corrected chi connectivity index (χ0v) is 12.7. The maximum absolute atomic E-state index is 6.40. The molecule has 1 saturated heterocycles. The third-order valence-corrected chi connectivity index (χ3v) is 5.05. The van der Waals surface area contributed by atoms with E-state index in [0.29, 0.717) is 17.3 Å². The first-order valence-electron chi connectivity index (χ1n) is 7.71. The number of ether oxygens (including phenoxy) is 1. The number of rotatable bonds is 2. The van der Waals surface area contributed by atoms with E-state index < -0.39 is 0 Å². The summed E-state index contributed by atoms with van der Waals surface area (Å²) in [6.07, 6.45) is 4.13. The van der Waals surface area contributed by atoms with Crippen molar-refractivity contribution in [1.82, 2.24) is 9.88 Å². The zero-order valence-electron chi connectivity index (χ0n) is 12.0. The van der Waals surface area contributed by atoms with E-state index in [2.05, 4.69) is 22.0 Å². The molecule has 2 aromatic rings. The Kier molecular flexibility index (Phi) is 3.57. The Bertz CT molecular complexity index is 660. The number of halogens is 1. The van der Waals surface area contributed by atoms with Crippen molar-refractivity contribution in [2.24, 2.45) is 0 Å². The van der Waals surface area contributed by atoms with Crippen LogP contribution in [-0.4, -0.2) is 35.2 Å². The van der Waals surface area contributed by atoms with E-state index in [1.165, 1.54) is 19.3 Å². The molecule has 0 bridgehead atoms. The minimum absolute atomic E-state index is 0.422. The molecule has 1 aliphatic carbocycles. The Morgan fingerprint density at radius 3 is 3.14 bits per heavy atom. The monoisotopic (exact) mass is 302 g/mol. The van der Waals surface area contributed by atoms with Gasteiger partial charge in [0.1, 0.15) is 5.15 Å². The second-order valence-corrected chi connectivity index (χ2v) is 6.37. The lowest BCUT2D eigenvalue weighted by Gasteiger charge is -2.37. The van der Waals surface area contributed by atoms with Crippen LogP contribution in [0.5, 0.6) is 0 Å². The van der Waals surface area contributed by atoms with Crippen molar-refractivity contribution in [2.75, 3.05) is 13.2 Å². The molecule has 2 atom stereocenters. The number of hydrogen-bond acceptors (Lipinski definition) is 3. The summed E-state index contributed by atoms with van der Waals surface area (Å²) >= 11 is 6.40. The predicted octanol–water partition coefficient (Wildman–Crippen LogP) is 3.64. The standard InChI is InChI=1S/C17H19ClN2O/c18-17-13(10-12-4-1-2-5-14(12)19-17)11-20-8-9-21-16-7-3-6-15(16)20/h1-2,4-5,10,15-16H,3,6-9,11H2. The van der Waals surface area contributed by atoms with Crippen LogP contribution in [0.1, 0.15) is 24.8 Å². The van der Waals surface area contributed by atoms with Crippen LogP contribution in [0.25, 0.3) is 10.9 Å². The lowest BCUT2D eigenvalue weighted by Crippen LogP contribution is -2.47. The Balaban J connectivity index is 1.62. The summed E-state index contributed by atoms with van der Waals surface area (Å²) in [7, 11) is 0. The fraction of sp³-hybridized carbons (Fsp3) is 0.471. The number of aromatic nitrogens is 1. The van der Waals surface area contributed by atoms with Crippen LogP contribution in [0.3, 0.4) is 0 Å². The Hall–Kier alpha value is -1.16. The number of pyridine rings is 1. The van der Waals surface area contributed by atoms with Gasteiger partial charge in [0.25, 0.3) is 0 Å². The molecule has 4 rings (SSSR count). The predicted molar refractivity (Wildman–Crippen MR) is 84.5 cm³/mol. The van der Waals surface area contributed by atoms with E-state index in [0.717, 1.165) is 36.2 Å². The van der Waals surface area contributed by atoms with Gasteiger partial charge in [-0.1, -0.05) is 29.8 Å². The molecular formula is C17H19ClN2O. The number of morpholine rings is 1. The SMILES string of the molecule is Clc1nc2ccccc2cc1CN1CCOC2CCCC21. The summed E-state index contributed by atoms with van der Waals surface area (Å²) in [5, 5.41) is 1.79. The average Bonchev–Trinajstić information content (AvgIpc) is 2.97. The lowest BCUT2D eigenvalue weighted by atomic mass is 10.1. The molecule has 1 aromatic heterocycles. The highest BCUT2D eigenvalue weighted by Crippen LogP contribution is 2.32. The van der Waals surface area contributed by atoms with Gasteiger partial charge in [0.05, 0.1) is 18.2 Å². The van der Waals surface area contributed by atoms with Crippen LogP contribution in [-0.2, 0) is 11.3 Å². The van der Waals surface area contributed by atoms with E-state index >= 15 is 0 Å². The normalized spacial score (nSPS) is 26.1. The Labute approximate surface area is 129 Å². The molecule has 1 saturated carbocycles. The minimum Gasteiger partial charge on any atom is -0.375 e. The second kappa shape index (κ2) is 5.56. The van der Waals surface area contributed by atoms with Gasteiger partial charge in [-0.25, -0.2) is 4.98 Å². The van der Waals surface area contributed by atoms with Crippen LogP contribution < -0.4 is 0 Å². The van der Waals surface area contributed by atoms with Crippen LogP contribution in [0.4, 0.5) is 0 Å². The van der Waals surface area contributed by atoms with Crippen LogP contribution >= 0.6 is 11.6 Å². The maximum Gasteiger partial charge on any atom is 0.134 e. The molecule has 0 N–H and O–H groups in total. The van der Waals surface area contributed by atoms with Gasteiger partial charge in [0.15, 0.2) is 0 Å². The molecule has 3 nitrogen and oxygen atoms in total. The van der Waals surface area contributed by atoms with Crippen LogP contribution in [0, 0.1) is 0 Å². The molecular weight excluding hydrogens is 284 g/mol. The van der Waals surface area contributed by atoms with Gasteiger partial charge in [-0.3, -0.25) is 4.90 Å². The first-order valence-corrected chi connectivity index (χ1v) is 8.09. The smallest absolute Gasteiger partial charge is 0.134 e. The fourth-order valence-corrected chi connectivity index (χ4v) is 3.87. The third-order valence-electron chi connectivity index (χ3n) is 4.72. The minimum atomic E-state index is 0.422. The summed E-state index contributed by atoms with van der Waals surface area (Å²) in [4.78, 5) is 7.06. The zero-order chi connectivity index (χ0) is 14.2. The van der Waals surface area contributed by atoms with Gasteiger partial charge >= 0.3 is 0 Å². The first kappa shape index (κ1) is 13.5. The van der Waals surface area contributed by atoms with Gasteiger partial charge in [0, 0.05) is 30.1 Å². The number of nitrogens with zero attached hydrogens (tertiary/aromatic N) is 2. The van der Waals surface area contributed by atoms with Crippen molar-refractivity contribution in [3.05, 3.63) is 41.0 Å². The molecule has 110 valence electrons. The topological polar surface area (TPSA) is 25.4 Å². The molecule has 1 aliphatic heterocycles. The van der Waals surface area contributed by atoms with Crippen molar-refractivity contribution in [2.45, 2.75) is 38.0 Å². The van der Waals surface area contributed by atoms with Crippen molar-refractivity contribution < 1.29 is 4.74 Å². The van der Waals surface area contributed by atoms with Gasteiger partial charge < -0.3 is 4.74 Å². The highest BCUT2D eigenvalue weighted by Gasteiger charge is 2.36. The summed E-state index contributed by atoms with van der Waals surface area (Å²) in [6, 6.07) is 10.9. The summed E-state index contributed by atoms with van der Waals surface area (Å²) in [5.41, 5.74) is 2.09. The molecule has 2 heterocycles. The molecule has 21 heavy (non-hydrogen) atoms. The van der Waals surface area contributed by atoms with E-state index in [-0.39, 0.29) is 0 Å². The summed E-state index contributed by atoms with van der Waals surface area (Å²) in [6.45, 7) is 2.70. The second-order valence-electron chi connectivity index (χ2n) is 6.01. The molecule has 0 amide bonds. The van der Waals surface area contributed by atoms with E-state index in [1.807, 2.05) is 18.2 Å². The quantitative estimate of drug-likeness (QED) is 0.792. The number of para-hydroxylation sites is 1. The molecule has 0 spiro atoms. The van der Waals surface area contributed by atoms with Crippen molar-refractivity contribution in [1.29, 1.82) is 0 Å². The summed E-state index contributed by atoms with van der Waals surface area (Å²) < 4.78 is 5.88. The molecule has 1 aromatic carbocycles. The summed E-state index contributed by atoms with van der Waals surface area (Å²) in [5.74, 6) is 0. The van der Waals surface area contributed by atoms with E-state index in [9.17, 15) is 0 Å². The third kappa shape index (κ3) is 2.54. The molecule has 4 heteroatoms. The van der Waals surface area contributed by atoms with Gasteiger partial charge in [-0.2, -0.15) is 0 Å². The maximum atomic E-state index is 6.40. The van der Waals surface area contributed by atoms with Crippen LogP contribution in [0.2, 0.25) is 5.15 Å². The largest absolute Gasteiger partial charge is 0.375 e. The highest BCUT2D eigenvalue weighted by atomic mass is 35.5. The lowest BCUT2D eigenvalue weighted by molar-refractivity contribution is -0.0588. The molecule has 2 fully saturated rings. The molecule has 2 unspecified atom stereocenters. The number of fused-ring (bicyclic) bond motifs is 2. The Morgan fingerprint density at radius 2 is 2.19 bits per heavy atom. The molecule has 0 radical (unpaired) electrons. The average molecular weight is 303 g/mol. The van der Waals surface area contributed by atoms with Gasteiger partial charge in [0.2, 0.25) is 0 Å². The fourth-order valence-electron chi connectivity index (χ4n) is 3.67. The number of hydrogen-bond donors (Lipinski definition) is 0.